The van der Waals surface area contributed by atoms with E-state index in [1.165, 1.54) is 13.3 Å². The van der Waals surface area contributed by atoms with E-state index in [0.717, 1.165) is 5.56 Å². The molecule has 0 atom stereocenters. The number of methoxy groups -OCH3 is 3. The van der Waals surface area contributed by atoms with E-state index in [4.69, 9.17) is 24.5 Å². The molecule has 0 aliphatic heterocycles. The van der Waals surface area contributed by atoms with E-state index in [0.29, 0.717) is 50.5 Å². The fourth-order valence-corrected chi connectivity index (χ4v) is 3.61. The number of carbonyl (C=O) groups is 1. The number of hydrazone groups is 1. The lowest BCUT2D eigenvalue weighted by molar-refractivity contribution is 0.0956. The highest BCUT2D eigenvalue weighted by atomic mass is 16.5. The number of fused-ring (bicyclic) bond motifs is 1. The van der Waals surface area contributed by atoms with Crippen LogP contribution in [0.25, 0.3) is 22.2 Å². The molecule has 0 radical (unpaired) electrons. The van der Waals surface area contributed by atoms with Crippen LogP contribution in [0.4, 0.5) is 0 Å². The van der Waals surface area contributed by atoms with Gasteiger partial charge < -0.3 is 14.2 Å². The Morgan fingerprint density at radius 2 is 1.66 bits per heavy atom. The molecule has 8 nitrogen and oxygen atoms in total. The predicted octanol–water partition coefficient (Wildman–Crippen LogP) is 4.56. The maximum absolute atomic E-state index is 13.1. The van der Waals surface area contributed by atoms with Crippen LogP contribution in [0.3, 0.4) is 0 Å². The Bertz CT molecular complexity index is 1430. The molecule has 0 bridgehead atoms. The van der Waals surface area contributed by atoms with Gasteiger partial charge in [0.2, 0.25) is 5.75 Å². The van der Waals surface area contributed by atoms with Crippen LogP contribution in [0, 0.1) is 11.3 Å². The van der Waals surface area contributed by atoms with Gasteiger partial charge in [0.25, 0.3) is 5.91 Å². The fourth-order valence-electron chi connectivity index (χ4n) is 3.61. The monoisotopic (exact) mass is 466 g/mol. The van der Waals surface area contributed by atoms with E-state index in [-0.39, 0.29) is 5.91 Å². The van der Waals surface area contributed by atoms with Crippen molar-refractivity contribution in [3.05, 3.63) is 83.4 Å². The number of nitrogens with zero attached hydrogens (tertiary/aromatic N) is 3. The molecule has 4 rings (SSSR count). The predicted molar refractivity (Wildman–Crippen MR) is 133 cm³/mol. The van der Waals surface area contributed by atoms with Gasteiger partial charge in [0, 0.05) is 10.9 Å². The number of pyridine rings is 1. The number of rotatable bonds is 7. The number of benzene rings is 3. The van der Waals surface area contributed by atoms with Gasteiger partial charge in [0.05, 0.1) is 56.0 Å². The largest absolute Gasteiger partial charge is 0.493 e. The third kappa shape index (κ3) is 4.89. The molecular formula is C27H22N4O4. The molecule has 0 saturated carbocycles. The van der Waals surface area contributed by atoms with Crippen molar-refractivity contribution >= 4 is 23.0 Å². The molecule has 0 aliphatic carbocycles. The summed E-state index contributed by atoms with van der Waals surface area (Å²) in [6.07, 6.45) is 1.52. The number of amides is 1. The van der Waals surface area contributed by atoms with Gasteiger partial charge in [0.15, 0.2) is 11.5 Å². The number of carbonyl (C=O) groups excluding carboxylic acids is 1. The van der Waals surface area contributed by atoms with Gasteiger partial charge in [-0.05, 0) is 42.0 Å². The molecule has 8 heteroatoms. The van der Waals surface area contributed by atoms with Gasteiger partial charge in [-0.1, -0.05) is 30.3 Å². The standard InChI is InChI=1S/C27H22N4O4/c1-33-24-12-19(13-25(34-2)26(24)35-3)23-14-21(20-6-4-5-7-22(20)30-23)27(32)31-29-16-18-10-8-17(15-28)9-11-18/h4-14,16H,1-3H3,(H,31,32)/b29-16+. The van der Waals surface area contributed by atoms with E-state index >= 15 is 0 Å². The third-order valence-corrected chi connectivity index (χ3v) is 5.34. The van der Waals surface area contributed by atoms with Crippen LogP contribution in [-0.2, 0) is 0 Å². The number of nitrogens with one attached hydrogen (secondary N) is 1. The lowest BCUT2D eigenvalue weighted by Crippen LogP contribution is -2.18. The first-order chi connectivity index (χ1) is 17.1. The summed E-state index contributed by atoms with van der Waals surface area (Å²) in [7, 11) is 4.62. The lowest BCUT2D eigenvalue weighted by atomic mass is 10.0. The third-order valence-electron chi connectivity index (χ3n) is 5.34. The number of aromatic nitrogens is 1. The van der Waals surface area contributed by atoms with Crippen molar-refractivity contribution in [3.8, 4) is 34.6 Å². The Kier molecular flexibility index (Phi) is 6.88. The summed E-state index contributed by atoms with van der Waals surface area (Å²) in [4.78, 5) is 17.9. The van der Waals surface area contributed by atoms with Crippen LogP contribution in [0.15, 0.2) is 71.8 Å². The molecule has 0 spiro atoms. The van der Waals surface area contributed by atoms with Crippen molar-refractivity contribution in [1.82, 2.24) is 10.4 Å². The summed E-state index contributed by atoms with van der Waals surface area (Å²) in [5, 5.41) is 13.7. The van der Waals surface area contributed by atoms with E-state index in [2.05, 4.69) is 16.6 Å². The van der Waals surface area contributed by atoms with Gasteiger partial charge in [-0.2, -0.15) is 10.4 Å². The Labute approximate surface area is 202 Å². The van der Waals surface area contributed by atoms with Crippen molar-refractivity contribution in [3.63, 3.8) is 0 Å². The summed E-state index contributed by atoms with van der Waals surface area (Å²) in [5.41, 5.74) is 6.20. The number of hydrogen-bond donors (Lipinski definition) is 1. The molecule has 1 aromatic heterocycles. The molecule has 1 heterocycles. The molecule has 35 heavy (non-hydrogen) atoms. The minimum Gasteiger partial charge on any atom is -0.493 e. The van der Waals surface area contributed by atoms with Gasteiger partial charge in [-0.3, -0.25) is 4.79 Å². The first-order valence-corrected chi connectivity index (χ1v) is 10.6. The van der Waals surface area contributed by atoms with E-state index in [9.17, 15) is 4.79 Å². The van der Waals surface area contributed by atoms with E-state index in [1.807, 2.05) is 24.3 Å². The second-order valence-corrected chi connectivity index (χ2v) is 7.42. The highest BCUT2D eigenvalue weighted by Gasteiger charge is 2.18. The Hall–Kier alpha value is -4.90. The van der Waals surface area contributed by atoms with Crippen molar-refractivity contribution in [2.45, 2.75) is 0 Å². The highest BCUT2D eigenvalue weighted by Crippen LogP contribution is 2.41. The Morgan fingerprint density at radius 3 is 2.29 bits per heavy atom. The van der Waals surface area contributed by atoms with Gasteiger partial charge >= 0.3 is 0 Å². The van der Waals surface area contributed by atoms with Crippen LogP contribution >= 0.6 is 0 Å². The van der Waals surface area contributed by atoms with Crippen LogP contribution in [0.1, 0.15) is 21.5 Å². The molecular weight excluding hydrogens is 444 g/mol. The Morgan fingerprint density at radius 1 is 0.971 bits per heavy atom. The van der Waals surface area contributed by atoms with Crippen LogP contribution in [-0.4, -0.2) is 38.4 Å². The molecule has 174 valence electrons. The SMILES string of the molecule is COc1cc(-c2cc(C(=O)N/N=C/c3ccc(C#N)cc3)c3ccccc3n2)cc(OC)c1OC. The highest BCUT2D eigenvalue weighted by molar-refractivity contribution is 6.07. The topological polar surface area (TPSA) is 106 Å². The second-order valence-electron chi connectivity index (χ2n) is 7.42. The van der Waals surface area contributed by atoms with E-state index in [1.54, 1.807) is 56.7 Å². The smallest absolute Gasteiger partial charge is 0.272 e. The Balaban J connectivity index is 1.72. The zero-order valence-electron chi connectivity index (χ0n) is 19.4. The van der Waals surface area contributed by atoms with Crippen molar-refractivity contribution in [1.29, 1.82) is 5.26 Å². The summed E-state index contributed by atoms with van der Waals surface area (Å²) in [6, 6.07) is 21.6. The number of nitriles is 1. The van der Waals surface area contributed by atoms with E-state index < -0.39 is 0 Å². The van der Waals surface area contributed by atoms with Crippen molar-refractivity contribution < 1.29 is 19.0 Å². The fraction of sp³-hybridized carbons (Fsp3) is 0.111. The average Bonchev–Trinajstić information content (AvgIpc) is 2.91. The van der Waals surface area contributed by atoms with Gasteiger partial charge in [-0.25, -0.2) is 10.4 Å². The maximum atomic E-state index is 13.1. The molecule has 3 aromatic carbocycles. The lowest BCUT2D eigenvalue weighted by Gasteiger charge is -2.15. The molecule has 0 aliphatic rings. The van der Waals surface area contributed by atoms with Crippen LogP contribution in [0.5, 0.6) is 17.2 Å². The molecule has 0 fully saturated rings. The zero-order chi connectivity index (χ0) is 24.8. The minimum atomic E-state index is -0.387. The summed E-state index contributed by atoms with van der Waals surface area (Å²) in [5.74, 6) is 1.04. The summed E-state index contributed by atoms with van der Waals surface area (Å²) >= 11 is 0. The number of para-hydroxylation sites is 1. The normalized spacial score (nSPS) is 10.7. The van der Waals surface area contributed by atoms with Crippen molar-refractivity contribution in [2.75, 3.05) is 21.3 Å². The van der Waals surface area contributed by atoms with Crippen LogP contribution in [0.2, 0.25) is 0 Å². The molecule has 0 unspecified atom stereocenters. The summed E-state index contributed by atoms with van der Waals surface area (Å²) in [6.45, 7) is 0. The first kappa shape index (κ1) is 23.3. The average molecular weight is 466 g/mol. The molecule has 4 aromatic rings. The van der Waals surface area contributed by atoms with Crippen LogP contribution < -0.4 is 19.6 Å². The quantitative estimate of drug-likeness (QED) is 0.316. The molecule has 0 saturated heterocycles. The summed E-state index contributed by atoms with van der Waals surface area (Å²) < 4.78 is 16.3. The number of hydrogen-bond acceptors (Lipinski definition) is 7. The maximum Gasteiger partial charge on any atom is 0.272 e. The zero-order valence-corrected chi connectivity index (χ0v) is 19.4. The number of ether oxygens (including phenoxy) is 3. The first-order valence-electron chi connectivity index (χ1n) is 10.6. The molecule has 1 N–H and O–H groups in total. The molecule has 1 amide bonds. The van der Waals surface area contributed by atoms with Gasteiger partial charge in [-0.15, -0.1) is 0 Å². The minimum absolute atomic E-state index is 0.387. The van der Waals surface area contributed by atoms with Crippen molar-refractivity contribution in [2.24, 2.45) is 5.10 Å². The van der Waals surface area contributed by atoms with Gasteiger partial charge in [0.1, 0.15) is 0 Å². The second kappa shape index (κ2) is 10.4.